The molecule has 2 rings (SSSR count). The Kier molecular flexibility index (Phi) is 3.13. The van der Waals surface area contributed by atoms with Gasteiger partial charge in [-0.3, -0.25) is 4.79 Å². The van der Waals surface area contributed by atoms with Crippen molar-refractivity contribution in [3.8, 4) is 0 Å². The zero-order valence-corrected chi connectivity index (χ0v) is 10.0. The van der Waals surface area contributed by atoms with Gasteiger partial charge in [-0.05, 0) is 31.0 Å². The van der Waals surface area contributed by atoms with Gasteiger partial charge < -0.3 is 4.42 Å². The topological polar surface area (TPSA) is 52.2 Å². The van der Waals surface area contributed by atoms with E-state index >= 15 is 0 Å². The van der Waals surface area contributed by atoms with E-state index in [4.69, 9.17) is 4.42 Å². The second-order valence-electron chi connectivity index (χ2n) is 4.17. The molecule has 1 aromatic heterocycles. The Morgan fingerprint density at radius 2 is 2.18 bits per heavy atom. The van der Waals surface area contributed by atoms with Crippen LogP contribution in [0.1, 0.15) is 36.5 Å². The maximum atomic E-state index is 11.9. The van der Waals surface area contributed by atoms with E-state index in [0.717, 1.165) is 23.0 Å². The first kappa shape index (κ1) is 11.6. The largest absolute Gasteiger partial charge is 0.426 e. The Morgan fingerprint density at radius 3 is 2.88 bits per heavy atom. The number of carbonyl (C=O) groups is 1. The molecule has 0 saturated carbocycles. The minimum Gasteiger partial charge on any atom is -0.407 e. The summed E-state index contributed by atoms with van der Waals surface area (Å²) >= 11 is 0. The molecule has 1 heterocycles. The van der Waals surface area contributed by atoms with Gasteiger partial charge in [0.15, 0.2) is 5.58 Å². The van der Waals surface area contributed by atoms with E-state index in [2.05, 4.69) is 0 Å². The lowest BCUT2D eigenvalue weighted by Gasteiger charge is -2.00. The fourth-order valence-electron chi connectivity index (χ4n) is 1.80. The van der Waals surface area contributed by atoms with Crippen molar-refractivity contribution in [3.05, 3.63) is 34.3 Å². The number of fused-ring (bicyclic) bond motifs is 1. The quantitative estimate of drug-likeness (QED) is 0.819. The van der Waals surface area contributed by atoms with Crippen LogP contribution >= 0.6 is 0 Å². The summed E-state index contributed by atoms with van der Waals surface area (Å²) < 4.78 is 6.18. The maximum absolute atomic E-state index is 11.9. The predicted molar refractivity (Wildman–Crippen MR) is 65.4 cm³/mol. The van der Waals surface area contributed by atoms with Crippen LogP contribution in [0.3, 0.4) is 0 Å². The zero-order chi connectivity index (χ0) is 12.4. The Hall–Kier alpha value is -1.84. The minimum absolute atomic E-state index is 0.193. The molecule has 0 atom stereocenters. The molecule has 0 fully saturated rings. The van der Waals surface area contributed by atoms with E-state index in [0.29, 0.717) is 17.5 Å². The molecule has 0 aliphatic rings. The molecule has 0 spiro atoms. The molecule has 90 valence electrons. The monoisotopic (exact) mass is 233 g/mol. The summed E-state index contributed by atoms with van der Waals surface area (Å²) in [6.07, 6.45) is 2.08. The van der Waals surface area contributed by atoms with Crippen molar-refractivity contribution >= 4 is 17.0 Å². The molecule has 0 amide bonds. The molecule has 0 saturated heterocycles. The normalized spacial score (nSPS) is 10.9. The number of hydrogen-bond donors (Lipinski definition) is 0. The van der Waals surface area contributed by atoms with Crippen molar-refractivity contribution in [2.24, 2.45) is 0 Å². The van der Waals surface area contributed by atoms with Gasteiger partial charge in [-0.25, -0.2) is 9.36 Å². The van der Waals surface area contributed by atoms with E-state index in [-0.39, 0.29) is 5.91 Å². The van der Waals surface area contributed by atoms with Gasteiger partial charge in [0.05, 0.1) is 5.52 Å². The molecule has 4 heteroatoms. The number of hydrogen-bond acceptors (Lipinski definition) is 3. The van der Waals surface area contributed by atoms with Crippen molar-refractivity contribution < 1.29 is 9.21 Å². The average molecular weight is 233 g/mol. The fraction of sp³-hybridized carbons (Fsp3) is 0.385. The van der Waals surface area contributed by atoms with Crippen LogP contribution in [0.5, 0.6) is 0 Å². The number of oxazole rings is 1. The van der Waals surface area contributed by atoms with Crippen LogP contribution in [0, 0.1) is 6.92 Å². The van der Waals surface area contributed by atoms with E-state index < -0.39 is 5.76 Å². The highest BCUT2D eigenvalue weighted by Crippen LogP contribution is 2.15. The number of rotatable bonds is 3. The van der Waals surface area contributed by atoms with Gasteiger partial charge in [0.2, 0.25) is 5.91 Å². The third-order valence-electron chi connectivity index (χ3n) is 2.73. The van der Waals surface area contributed by atoms with Crippen LogP contribution in [0.25, 0.3) is 11.1 Å². The smallest absolute Gasteiger partial charge is 0.407 e. The molecular formula is C13H15NO3. The highest BCUT2D eigenvalue weighted by Gasteiger charge is 2.15. The van der Waals surface area contributed by atoms with Crippen molar-refractivity contribution in [2.75, 3.05) is 0 Å². The van der Waals surface area contributed by atoms with Crippen LogP contribution in [-0.4, -0.2) is 10.5 Å². The molecule has 0 aliphatic heterocycles. The number of benzene rings is 1. The Labute approximate surface area is 98.8 Å². The van der Waals surface area contributed by atoms with E-state index in [1.165, 1.54) is 0 Å². The summed E-state index contributed by atoms with van der Waals surface area (Å²) in [5, 5.41) is 0. The maximum Gasteiger partial charge on any atom is 0.426 e. The molecule has 4 nitrogen and oxygen atoms in total. The van der Waals surface area contributed by atoms with E-state index in [1.807, 2.05) is 19.9 Å². The summed E-state index contributed by atoms with van der Waals surface area (Å²) in [6, 6.07) is 5.37. The van der Waals surface area contributed by atoms with Crippen LogP contribution in [0.2, 0.25) is 0 Å². The van der Waals surface area contributed by atoms with E-state index in [9.17, 15) is 9.59 Å². The molecule has 0 aliphatic carbocycles. The number of nitrogens with zero attached hydrogens (tertiary/aromatic N) is 1. The molecule has 2 aromatic rings. The van der Waals surface area contributed by atoms with Crippen molar-refractivity contribution in [2.45, 2.75) is 33.1 Å². The molecule has 1 aromatic carbocycles. The number of unbranched alkanes of at least 4 members (excludes halogenated alkanes) is 1. The molecule has 0 unspecified atom stereocenters. The number of aryl methyl sites for hydroxylation is 1. The van der Waals surface area contributed by atoms with Gasteiger partial charge in [-0.1, -0.05) is 19.4 Å². The van der Waals surface area contributed by atoms with Crippen LogP contribution in [-0.2, 0) is 0 Å². The van der Waals surface area contributed by atoms with Gasteiger partial charge in [-0.2, -0.15) is 0 Å². The molecule has 17 heavy (non-hydrogen) atoms. The predicted octanol–water partition coefficient (Wildman–Crippen LogP) is 2.73. The Morgan fingerprint density at radius 1 is 1.41 bits per heavy atom. The average Bonchev–Trinajstić information content (AvgIpc) is 2.61. The molecule has 0 N–H and O–H groups in total. The van der Waals surface area contributed by atoms with Gasteiger partial charge >= 0.3 is 5.76 Å². The summed E-state index contributed by atoms with van der Waals surface area (Å²) in [4.78, 5) is 23.5. The van der Waals surface area contributed by atoms with Crippen LogP contribution in [0.4, 0.5) is 0 Å². The second kappa shape index (κ2) is 4.57. The van der Waals surface area contributed by atoms with Gasteiger partial charge in [0.25, 0.3) is 0 Å². The minimum atomic E-state index is -0.591. The highest BCUT2D eigenvalue weighted by atomic mass is 16.4. The first-order valence-electron chi connectivity index (χ1n) is 5.79. The molecular weight excluding hydrogens is 218 g/mol. The first-order valence-corrected chi connectivity index (χ1v) is 5.79. The molecule has 0 radical (unpaired) electrons. The number of aromatic nitrogens is 1. The summed E-state index contributed by atoms with van der Waals surface area (Å²) in [6.45, 7) is 3.92. The lowest BCUT2D eigenvalue weighted by atomic mass is 10.2. The zero-order valence-electron chi connectivity index (χ0n) is 10.0. The summed E-state index contributed by atoms with van der Waals surface area (Å²) in [7, 11) is 0. The van der Waals surface area contributed by atoms with E-state index in [1.54, 1.807) is 12.1 Å². The van der Waals surface area contributed by atoms with Crippen molar-refractivity contribution in [1.82, 2.24) is 4.57 Å². The number of carbonyl (C=O) groups excluding carboxylic acids is 1. The summed E-state index contributed by atoms with van der Waals surface area (Å²) in [5.74, 6) is -0.784. The third-order valence-corrected chi connectivity index (χ3v) is 2.73. The van der Waals surface area contributed by atoms with Gasteiger partial charge in [0, 0.05) is 6.42 Å². The Balaban J connectivity index is 2.52. The standard InChI is InChI=1S/C13H15NO3/c1-3-4-5-12(15)14-10-8-9(2)6-7-11(10)17-13(14)16/h6-8H,3-5H2,1-2H3. The first-order chi connectivity index (χ1) is 8.13. The fourth-order valence-corrected chi connectivity index (χ4v) is 1.80. The summed E-state index contributed by atoms with van der Waals surface area (Å²) in [5.41, 5.74) is 2.02. The highest BCUT2D eigenvalue weighted by molar-refractivity contribution is 5.89. The lowest BCUT2D eigenvalue weighted by molar-refractivity contribution is 0.0896. The van der Waals surface area contributed by atoms with Crippen LogP contribution in [0.15, 0.2) is 27.4 Å². The lowest BCUT2D eigenvalue weighted by Crippen LogP contribution is -2.22. The van der Waals surface area contributed by atoms with Crippen LogP contribution < -0.4 is 5.76 Å². The van der Waals surface area contributed by atoms with Gasteiger partial charge in [0.1, 0.15) is 0 Å². The third kappa shape index (κ3) is 2.16. The van der Waals surface area contributed by atoms with Gasteiger partial charge in [-0.15, -0.1) is 0 Å². The van der Waals surface area contributed by atoms with Crippen molar-refractivity contribution in [3.63, 3.8) is 0 Å². The Bertz CT molecular complexity index is 607. The van der Waals surface area contributed by atoms with Crippen molar-refractivity contribution in [1.29, 1.82) is 0 Å². The molecule has 0 bridgehead atoms. The SMILES string of the molecule is CCCCC(=O)n1c(=O)oc2ccc(C)cc21. The second-order valence-corrected chi connectivity index (χ2v) is 4.17.